The van der Waals surface area contributed by atoms with Crippen LogP contribution < -0.4 is 14.8 Å². The van der Waals surface area contributed by atoms with Crippen molar-refractivity contribution in [1.29, 1.82) is 0 Å². The molecule has 8 heteroatoms. The highest BCUT2D eigenvalue weighted by atomic mass is 16.5. The summed E-state index contributed by atoms with van der Waals surface area (Å²) >= 11 is 0. The van der Waals surface area contributed by atoms with Crippen LogP contribution in [0.2, 0.25) is 0 Å². The smallest absolute Gasteiger partial charge is 0.319 e. The van der Waals surface area contributed by atoms with Gasteiger partial charge in [0.25, 0.3) is 5.91 Å². The summed E-state index contributed by atoms with van der Waals surface area (Å²) in [5.41, 5.74) is 4.74. The van der Waals surface area contributed by atoms with Crippen LogP contribution in [0.1, 0.15) is 16.1 Å². The van der Waals surface area contributed by atoms with E-state index in [9.17, 15) is 4.79 Å². The number of carbonyl (C=O) groups excluding carboxylic acids is 1. The number of fused-ring (bicyclic) bond motifs is 1. The molecule has 0 radical (unpaired) electrons. The molecule has 0 unspecified atom stereocenters. The number of hydrogen-bond acceptors (Lipinski definition) is 6. The lowest BCUT2D eigenvalue weighted by Gasteiger charge is -2.11. The van der Waals surface area contributed by atoms with Crippen LogP contribution in [0.3, 0.4) is 0 Å². The predicted molar refractivity (Wildman–Crippen MR) is 94.2 cm³/mol. The highest BCUT2D eigenvalue weighted by molar-refractivity contribution is 5.97. The average Bonchev–Trinajstić information content (AvgIpc) is 3.13. The summed E-state index contributed by atoms with van der Waals surface area (Å²) in [5, 5.41) is 2.85. The number of hydrogen-bond donors (Lipinski definition) is 2. The van der Waals surface area contributed by atoms with E-state index in [1.807, 2.05) is 18.2 Å². The van der Waals surface area contributed by atoms with Crippen molar-refractivity contribution in [1.82, 2.24) is 25.3 Å². The molecule has 4 rings (SSSR count). The maximum absolute atomic E-state index is 12.0. The quantitative estimate of drug-likeness (QED) is 0.744. The first-order valence-corrected chi connectivity index (χ1v) is 8.11. The lowest BCUT2D eigenvalue weighted by Crippen LogP contribution is -2.31. The molecule has 0 fully saturated rings. The molecule has 0 aliphatic carbocycles. The first-order valence-electron chi connectivity index (χ1n) is 8.11. The first kappa shape index (κ1) is 16.1. The molecule has 3 aromatic heterocycles. The minimum absolute atomic E-state index is 0.0479. The van der Waals surface area contributed by atoms with E-state index in [1.165, 1.54) is 14.2 Å². The fourth-order valence-corrected chi connectivity index (χ4v) is 2.97. The molecule has 0 spiro atoms. The standard InChI is InChI=1S/C18H17N5O3/c1-25-17-12(9-21-18(23-17)26-2)15-7-10(3-5-19-15)14-8-11-13(22-14)4-6-20-16(11)24/h3,5,7-9,22H,4,6H2,1-2H3,(H,20,24). The van der Waals surface area contributed by atoms with Crippen LogP contribution in [0.5, 0.6) is 11.9 Å². The maximum atomic E-state index is 12.0. The van der Waals surface area contributed by atoms with E-state index < -0.39 is 0 Å². The molecule has 132 valence electrons. The van der Waals surface area contributed by atoms with Gasteiger partial charge in [-0.1, -0.05) is 0 Å². The van der Waals surface area contributed by atoms with E-state index in [-0.39, 0.29) is 11.9 Å². The number of rotatable bonds is 4. The molecule has 0 aromatic carbocycles. The van der Waals surface area contributed by atoms with Crippen molar-refractivity contribution in [3.05, 3.63) is 41.9 Å². The second kappa shape index (κ2) is 6.47. The fourth-order valence-electron chi connectivity index (χ4n) is 2.97. The summed E-state index contributed by atoms with van der Waals surface area (Å²) < 4.78 is 10.4. The second-order valence-corrected chi connectivity index (χ2v) is 5.79. The fraction of sp³-hybridized carbons (Fsp3) is 0.222. The zero-order valence-electron chi connectivity index (χ0n) is 14.4. The lowest BCUT2D eigenvalue weighted by molar-refractivity contribution is 0.0946. The molecule has 1 aliphatic heterocycles. The third-order valence-electron chi connectivity index (χ3n) is 4.26. The van der Waals surface area contributed by atoms with E-state index in [2.05, 4.69) is 25.3 Å². The number of methoxy groups -OCH3 is 2. The van der Waals surface area contributed by atoms with Crippen LogP contribution in [-0.2, 0) is 6.42 Å². The Morgan fingerprint density at radius 1 is 1.12 bits per heavy atom. The Morgan fingerprint density at radius 3 is 2.77 bits per heavy atom. The molecular weight excluding hydrogens is 334 g/mol. The third-order valence-corrected chi connectivity index (χ3v) is 4.26. The molecule has 2 N–H and O–H groups in total. The van der Waals surface area contributed by atoms with E-state index in [0.717, 1.165) is 23.4 Å². The number of aromatic amines is 1. The lowest BCUT2D eigenvalue weighted by atomic mass is 10.1. The number of nitrogens with zero attached hydrogens (tertiary/aromatic N) is 3. The van der Waals surface area contributed by atoms with Crippen molar-refractivity contribution in [3.8, 4) is 34.4 Å². The van der Waals surface area contributed by atoms with Gasteiger partial charge in [0.05, 0.1) is 31.0 Å². The Bertz CT molecular complexity index is 983. The SMILES string of the molecule is COc1ncc(-c2cc(-c3cc4c([nH]3)CCNC4=O)ccn2)c(OC)n1. The summed E-state index contributed by atoms with van der Waals surface area (Å²) in [6.45, 7) is 0.647. The third kappa shape index (κ3) is 2.75. The minimum atomic E-state index is -0.0479. The van der Waals surface area contributed by atoms with Crippen LogP contribution in [0.15, 0.2) is 30.6 Å². The molecule has 8 nitrogen and oxygen atoms in total. The van der Waals surface area contributed by atoms with Crippen molar-refractivity contribution in [2.45, 2.75) is 6.42 Å². The molecule has 0 bridgehead atoms. The van der Waals surface area contributed by atoms with Gasteiger partial charge in [-0.05, 0) is 18.2 Å². The molecule has 3 aromatic rings. The predicted octanol–water partition coefficient (Wildman–Crippen LogP) is 1.84. The van der Waals surface area contributed by atoms with Crippen LogP contribution in [0, 0.1) is 0 Å². The van der Waals surface area contributed by atoms with Gasteiger partial charge in [-0.25, -0.2) is 4.98 Å². The number of aromatic nitrogens is 4. The van der Waals surface area contributed by atoms with Crippen molar-refractivity contribution in [2.75, 3.05) is 20.8 Å². The highest BCUT2D eigenvalue weighted by Crippen LogP contribution is 2.31. The Balaban J connectivity index is 1.75. The van der Waals surface area contributed by atoms with Gasteiger partial charge in [0.15, 0.2) is 0 Å². The first-order chi connectivity index (χ1) is 12.7. The molecule has 0 saturated heterocycles. The number of carbonyl (C=O) groups is 1. The summed E-state index contributed by atoms with van der Waals surface area (Å²) in [5.74, 6) is 0.333. The minimum Gasteiger partial charge on any atom is -0.480 e. The van der Waals surface area contributed by atoms with Gasteiger partial charge in [0.2, 0.25) is 5.88 Å². The average molecular weight is 351 g/mol. The number of ether oxygens (including phenoxy) is 2. The second-order valence-electron chi connectivity index (χ2n) is 5.79. The number of pyridine rings is 1. The number of nitrogens with one attached hydrogen (secondary N) is 2. The zero-order chi connectivity index (χ0) is 18.1. The van der Waals surface area contributed by atoms with Gasteiger partial charge in [0.1, 0.15) is 0 Å². The summed E-state index contributed by atoms with van der Waals surface area (Å²) in [6, 6.07) is 5.88. The monoisotopic (exact) mass is 351 g/mol. The van der Waals surface area contributed by atoms with Gasteiger partial charge in [-0.3, -0.25) is 9.78 Å². The number of H-pyrrole nitrogens is 1. The van der Waals surface area contributed by atoms with Gasteiger partial charge < -0.3 is 19.8 Å². The van der Waals surface area contributed by atoms with E-state index in [0.29, 0.717) is 29.2 Å². The van der Waals surface area contributed by atoms with Gasteiger partial charge in [-0.15, -0.1) is 0 Å². The van der Waals surface area contributed by atoms with Crippen LogP contribution in [-0.4, -0.2) is 46.6 Å². The van der Waals surface area contributed by atoms with Crippen LogP contribution >= 0.6 is 0 Å². The topological polar surface area (TPSA) is 102 Å². The normalized spacial score (nSPS) is 13.1. The van der Waals surface area contributed by atoms with E-state index in [1.54, 1.807) is 12.4 Å². The van der Waals surface area contributed by atoms with Crippen LogP contribution in [0.4, 0.5) is 0 Å². The Kier molecular flexibility index (Phi) is 4.00. The van der Waals surface area contributed by atoms with Crippen LogP contribution in [0.25, 0.3) is 22.5 Å². The molecule has 0 saturated carbocycles. The van der Waals surface area contributed by atoms with Crippen molar-refractivity contribution >= 4 is 5.91 Å². The maximum Gasteiger partial charge on any atom is 0.319 e. The molecule has 0 atom stereocenters. The zero-order valence-corrected chi connectivity index (χ0v) is 14.4. The van der Waals surface area contributed by atoms with Gasteiger partial charge in [-0.2, -0.15) is 4.98 Å². The molecule has 4 heterocycles. The molecule has 26 heavy (non-hydrogen) atoms. The summed E-state index contributed by atoms with van der Waals surface area (Å²) in [6.07, 6.45) is 4.11. The molecule has 1 amide bonds. The van der Waals surface area contributed by atoms with Crippen molar-refractivity contribution in [2.24, 2.45) is 0 Å². The molecule has 1 aliphatic rings. The number of amides is 1. The Labute approximate surface area is 149 Å². The van der Waals surface area contributed by atoms with Gasteiger partial charge >= 0.3 is 6.01 Å². The van der Waals surface area contributed by atoms with Gasteiger partial charge in [0, 0.05) is 42.3 Å². The molecular formula is C18H17N5O3. The van der Waals surface area contributed by atoms with Crippen molar-refractivity contribution in [3.63, 3.8) is 0 Å². The summed E-state index contributed by atoms with van der Waals surface area (Å²) in [7, 11) is 3.03. The Morgan fingerprint density at radius 2 is 2.00 bits per heavy atom. The Hall–Kier alpha value is -3.42. The van der Waals surface area contributed by atoms with Crippen molar-refractivity contribution < 1.29 is 14.3 Å². The highest BCUT2D eigenvalue weighted by Gasteiger charge is 2.20. The largest absolute Gasteiger partial charge is 0.480 e. The van der Waals surface area contributed by atoms with E-state index in [4.69, 9.17) is 9.47 Å². The van der Waals surface area contributed by atoms with E-state index >= 15 is 0 Å². The summed E-state index contributed by atoms with van der Waals surface area (Å²) in [4.78, 5) is 28.0.